The molecule has 0 amide bonds. The first-order chi connectivity index (χ1) is 8.15. The van der Waals surface area contributed by atoms with Gasteiger partial charge in [0.15, 0.2) is 0 Å². The van der Waals surface area contributed by atoms with E-state index in [1.807, 2.05) is 0 Å². The normalized spacial score (nSPS) is 23.6. The summed E-state index contributed by atoms with van der Waals surface area (Å²) in [5.74, 6) is -0.545. The molecule has 2 N–H and O–H groups in total. The van der Waals surface area contributed by atoms with Gasteiger partial charge in [0.2, 0.25) is 0 Å². The van der Waals surface area contributed by atoms with E-state index in [0.29, 0.717) is 25.3 Å². The molecule has 0 spiro atoms. The minimum atomic E-state index is -0.835. The molecule has 92 valence electrons. The van der Waals surface area contributed by atoms with Crippen molar-refractivity contribution in [2.45, 2.75) is 12.5 Å². The van der Waals surface area contributed by atoms with Crippen molar-refractivity contribution in [3.63, 3.8) is 0 Å². The van der Waals surface area contributed by atoms with Gasteiger partial charge in [0.1, 0.15) is 17.6 Å². The molecule has 0 radical (unpaired) electrons. The zero-order valence-corrected chi connectivity index (χ0v) is 9.23. The van der Waals surface area contributed by atoms with Gasteiger partial charge < -0.3 is 15.2 Å². The van der Waals surface area contributed by atoms with Gasteiger partial charge in [-0.3, -0.25) is 4.79 Å². The Hall–Kier alpha value is -1.62. The summed E-state index contributed by atoms with van der Waals surface area (Å²) in [6.45, 7) is 1.02. The SMILES string of the molecule is O=C(O)C1C[C@H](COc2cccc(F)c2)CN1. The Balaban J connectivity index is 1.82. The molecule has 1 fully saturated rings. The highest BCUT2D eigenvalue weighted by Gasteiger charge is 2.29. The number of hydrogen-bond donors (Lipinski definition) is 2. The Morgan fingerprint density at radius 2 is 2.41 bits per heavy atom. The van der Waals surface area contributed by atoms with E-state index in [-0.39, 0.29) is 11.7 Å². The smallest absolute Gasteiger partial charge is 0.320 e. The van der Waals surface area contributed by atoms with Crippen LogP contribution in [0.5, 0.6) is 5.75 Å². The second-order valence-electron chi connectivity index (χ2n) is 4.17. The third-order valence-corrected chi connectivity index (χ3v) is 2.80. The summed E-state index contributed by atoms with van der Waals surface area (Å²) >= 11 is 0. The van der Waals surface area contributed by atoms with Crippen molar-refractivity contribution in [2.75, 3.05) is 13.2 Å². The van der Waals surface area contributed by atoms with Gasteiger partial charge in [-0.05, 0) is 18.6 Å². The molecule has 2 atom stereocenters. The first kappa shape index (κ1) is 11.9. The lowest BCUT2D eigenvalue weighted by Gasteiger charge is -2.10. The van der Waals surface area contributed by atoms with Crippen molar-refractivity contribution in [1.29, 1.82) is 0 Å². The number of hydrogen-bond acceptors (Lipinski definition) is 3. The second-order valence-corrected chi connectivity index (χ2v) is 4.17. The highest BCUT2D eigenvalue weighted by atomic mass is 19.1. The lowest BCUT2D eigenvalue weighted by atomic mass is 10.1. The highest BCUT2D eigenvalue weighted by Crippen LogP contribution is 2.18. The average Bonchev–Trinajstić information content (AvgIpc) is 2.75. The van der Waals surface area contributed by atoms with E-state index in [4.69, 9.17) is 9.84 Å². The highest BCUT2D eigenvalue weighted by molar-refractivity contribution is 5.73. The molecule has 0 aliphatic carbocycles. The largest absolute Gasteiger partial charge is 0.493 e. The number of halogens is 1. The number of nitrogens with one attached hydrogen (secondary N) is 1. The fraction of sp³-hybridized carbons (Fsp3) is 0.417. The van der Waals surface area contributed by atoms with E-state index in [9.17, 15) is 9.18 Å². The molecule has 0 bridgehead atoms. The van der Waals surface area contributed by atoms with E-state index in [1.54, 1.807) is 12.1 Å². The molecule has 0 saturated carbocycles. The Kier molecular flexibility index (Phi) is 3.58. The maximum Gasteiger partial charge on any atom is 0.320 e. The van der Waals surface area contributed by atoms with Crippen LogP contribution in [-0.2, 0) is 4.79 Å². The van der Waals surface area contributed by atoms with Crippen LogP contribution in [0.3, 0.4) is 0 Å². The predicted molar refractivity (Wildman–Crippen MR) is 59.4 cm³/mol. The third-order valence-electron chi connectivity index (χ3n) is 2.80. The lowest BCUT2D eigenvalue weighted by molar-refractivity contribution is -0.139. The maximum absolute atomic E-state index is 12.9. The van der Waals surface area contributed by atoms with Crippen LogP contribution < -0.4 is 10.1 Å². The second kappa shape index (κ2) is 5.14. The van der Waals surface area contributed by atoms with Crippen LogP contribution in [0.15, 0.2) is 24.3 Å². The number of carbonyl (C=O) groups is 1. The van der Waals surface area contributed by atoms with Crippen molar-refractivity contribution in [2.24, 2.45) is 5.92 Å². The zero-order valence-electron chi connectivity index (χ0n) is 9.23. The van der Waals surface area contributed by atoms with Crippen LogP contribution >= 0.6 is 0 Å². The van der Waals surface area contributed by atoms with Crippen molar-refractivity contribution in [1.82, 2.24) is 5.32 Å². The minimum Gasteiger partial charge on any atom is -0.493 e. The summed E-state index contributed by atoms with van der Waals surface area (Å²) in [4.78, 5) is 10.7. The lowest BCUT2D eigenvalue weighted by Crippen LogP contribution is -2.29. The van der Waals surface area contributed by atoms with Gasteiger partial charge in [0.25, 0.3) is 0 Å². The summed E-state index contributed by atoms with van der Waals surface area (Å²) in [5.41, 5.74) is 0. The zero-order chi connectivity index (χ0) is 12.3. The van der Waals surface area contributed by atoms with E-state index in [1.165, 1.54) is 12.1 Å². The van der Waals surface area contributed by atoms with Gasteiger partial charge in [-0.15, -0.1) is 0 Å². The first-order valence-electron chi connectivity index (χ1n) is 5.49. The molecule has 1 saturated heterocycles. The van der Waals surface area contributed by atoms with Crippen LogP contribution in [0.2, 0.25) is 0 Å². The summed E-state index contributed by atoms with van der Waals surface area (Å²) in [6, 6.07) is 5.44. The number of carboxylic acid groups (broad SMARTS) is 1. The van der Waals surface area contributed by atoms with Gasteiger partial charge in [-0.1, -0.05) is 6.07 Å². The van der Waals surface area contributed by atoms with Crippen LogP contribution in [0.25, 0.3) is 0 Å². The fourth-order valence-corrected chi connectivity index (χ4v) is 1.89. The van der Waals surface area contributed by atoms with E-state index < -0.39 is 12.0 Å². The summed E-state index contributed by atoms with van der Waals surface area (Å²) < 4.78 is 18.3. The molecule has 17 heavy (non-hydrogen) atoms. The minimum absolute atomic E-state index is 0.152. The van der Waals surface area contributed by atoms with E-state index >= 15 is 0 Å². The van der Waals surface area contributed by atoms with E-state index in [0.717, 1.165) is 0 Å². The Morgan fingerprint density at radius 1 is 1.59 bits per heavy atom. The van der Waals surface area contributed by atoms with Crippen molar-refractivity contribution >= 4 is 5.97 Å². The molecule has 2 rings (SSSR count). The molecule has 0 aromatic heterocycles. The van der Waals surface area contributed by atoms with Crippen LogP contribution in [-0.4, -0.2) is 30.3 Å². The van der Waals surface area contributed by atoms with Gasteiger partial charge in [0.05, 0.1) is 6.61 Å². The van der Waals surface area contributed by atoms with Crippen molar-refractivity contribution < 1.29 is 19.0 Å². The number of rotatable bonds is 4. The maximum atomic E-state index is 12.9. The molecule has 4 nitrogen and oxygen atoms in total. The number of ether oxygens (including phenoxy) is 1. The van der Waals surface area contributed by atoms with Crippen LogP contribution in [0.1, 0.15) is 6.42 Å². The van der Waals surface area contributed by atoms with Crippen molar-refractivity contribution in [3.05, 3.63) is 30.1 Å². The molecule has 1 aliphatic heterocycles. The van der Waals surface area contributed by atoms with Gasteiger partial charge in [0, 0.05) is 18.5 Å². The molecule has 1 heterocycles. The number of aliphatic carboxylic acids is 1. The molecular formula is C12H14FNO3. The molecule has 1 aliphatic rings. The van der Waals surface area contributed by atoms with Crippen LogP contribution in [0, 0.1) is 11.7 Å². The standard InChI is InChI=1S/C12H14FNO3/c13-9-2-1-3-10(5-9)17-7-8-4-11(12(15)16)14-6-8/h1-3,5,8,11,14H,4,6-7H2,(H,15,16)/t8-,11?/m0/s1. The predicted octanol–water partition coefficient (Wildman–Crippen LogP) is 1.27. The third kappa shape index (κ3) is 3.17. The van der Waals surface area contributed by atoms with E-state index in [2.05, 4.69) is 5.32 Å². The molecular weight excluding hydrogens is 225 g/mol. The average molecular weight is 239 g/mol. The Labute approximate surface area is 98.4 Å². The fourth-order valence-electron chi connectivity index (χ4n) is 1.89. The summed E-state index contributed by atoms with van der Waals surface area (Å²) in [7, 11) is 0. The number of benzene rings is 1. The molecule has 1 aromatic carbocycles. The van der Waals surface area contributed by atoms with Crippen LogP contribution in [0.4, 0.5) is 4.39 Å². The number of carboxylic acids is 1. The summed E-state index contributed by atoms with van der Waals surface area (Å²) in [5, 5.41) is 11.7. The van der Waals surface area contributed by atoms with Gasteiger partial charge in [-0.2, -0.15) is 0 Å². The molecule has 5 heteroatoms. The molecule has 1 unspecified atom stereocenters. The van der Waals surface area contributed by atoms with Gasteiger partial charge >= 0.3 is 5.97 Å². The first-order valence-corrected chi connectivity index (χ1v) is 5.49. The Bertz CT molecular complexity index is 410. The quantitative estimate of drug-likeness (QED) is 0.830. The monoisotopic (exact) mass is 239 g/mol. The molecule has 1 aromatic rings. The topological polar surface area (TPSA) is 58.6 Å². The Morgan fingerprint density at radius 3 is 3.06 bits per heavy atom. The van der Waals surface area contributed by atoms with Crippen molar-refractivity contribution in [3.8, 4) is 5.75 Å². The summed E-state index contributed by atoms with van der Waals surface area (Å²) in [6.07, 6.45) is 0.546. The van der Waals surface area contributed by atoms with Gasteiger partial charge in [-0.25, -0.2) is 4.39 Å².